The molecule has 2 aliphatic heterocycles. The third-order valence-corrected chi connectivity index (χ3v) is 4.01. The zero-order valence-electron chi connectivity index (χ0n) is 12.3. The molecule has 2 fully saturated rings. The Balaban J connectivity index is 1.92. The highest BCUT2D eigenvalue weighted by Crippen LogP contribution is 2.21. The first-order chi connectivity index (χ1) is 8.97. The monoisotopic (exact) mass is 269 g/mol. The highest BCUT2D eigenvalue weighted by atomic mass is 16.5. The standard InChI is InChI=1S/C14H27N3O2/c1-10-7-16(8-11(2)19-10)9-13-5-4-6-17(13)14(18)12(3)15/h10-13H,4-9,15H2,1-3H3/t10-,11-,12-,13+/m1/s1. The predicted octanol–water partition coefficient (Wildman–Crippen LogP) is 0.434. The second kappa shape index (κ2) is 6.20. The lowest BCUT2D eigenvalue weighted by Gasteiger charge is -2.38. The van der Waals surface area contributed by atoms with E-state index in [9.17, 15) is 4.79 Å². The molecule has 0 bridgehead atoms. The van der Waals surface area contributed by atoms with Gasteiger partial charge in [0.25, 0.3) is 0 Å². The maximum atomic E-state index is 12.1. The lowest BCUT2D eigenvalue weighted by molar-refractivity contribution is -0.134. The van der Waals surface area contributed by atoms with Gasteiger partial charge in [-0.3, -0.25) is 9.69 Å². The number of nitrogens with zero attached hydrogens (tertiary/aromatic N) is 2. The van der Waals surface area contributed by atoms with Crippen LogP contribution in [0, 0.1) is 0 Å². The van der Waals surface area contributed by atoms with Crippen LogP contribution >= 0.6 is 0 Å². The van der Waals surface area contributed by atoms with Crippen LogP contribution in [0.3, 0.4) is 0 Å². The Labute approximate surface area is 116 Å². The number of carbonyl (C=O) groups is 1. The molecular weight excluding hydrogens is 242 g/mol. The summed E-state index contributed by atoms with van der Waals surface area (Å²) in [5.41, 5.74) is 5.73. The Bertz CT molecular complexity index is 312. The Morgan fingerprint density at radius 3 is 2.58 bits per heavy atom. The summed E-state index contributed by atoms with van der Waals surface area (Å²) in [5, 5.41) is 0. The summed E-state index contributed by atoms with van der Waals surface area (Å²) in [6, 6.07) is -0.0564. The van der Waals surface area contributed by atoms with E-state index in [0.29, 0.717) is 6.04 Å². The van der Waals surface area contributed by atoms with Gasteiger partial charge in [0.05, 0.1) is 18.2 Å². The first-order valence-corrected chi connectivity index (χ1v) is 7.41. The van der Waals surface area contributed by atoms with Gasteiger partial charge in [0.1, 0.15) is 0 Å². The fourth-order valence-electron chi connectivity index (χ4n) is 3.31. The van der Waals surface area contributed by atoms with Gasteiger partial charge >= 0.3 is 0 Å². The number of morpholine rings is 1. The van der Waals surface area contributed by atoms with E-state index >= 15 is 0 Å². The van der Waals surface area contributed by atoms with E-state index in [-0.39, 0.29) is 24.2 Å². The van der Waals surface area contributed by atoms with Gasteiger partial charge < -0.3 is 15.4 Å². The molecule has 0 spiro atoms. The summed E-state index contributed by atoms with van der Waals surface area (Å²) in [6.45, 7) is 9.74. The summed E-state index contributed by atoms with van der Waals surface area (Å²) in [4.78, 5) is 16.5. The van der Waals surface area contributed by atoms with Crippen molar-refractivity contribution >= 4 is 5.91 Å². The van der Waals surface area contributed by atoms with Crippen molar-refractivity contribution in [2.75, 3.05) is 26.2 Å². The van der Waals surface area contributed by atoms with Crippen LogP contribution in [0.4, 0.5) is 0 Å². The number of amides is 1. The molecule has 110 valence electrons. The van der Waals surface area contributed by atoms with Crippen molar-refractivity contribution in [2.45, 2.75) is 57.9 Å². The van der Waals surface area contributed by atoms with Gasteiger partial charge in [-0.15, -0.1) is 0 Å². The lowest BCUT2D eigenvalue weighted by atomic mass is 10.1. The van der Waals surface area contributed by atoms with E-state index in [4.69, 9.17) is 10.5 Å². The third kappa shape index (κ3) is 3.68. The molecule has 1 amide bonds. The number of carbonyl (C=O) groups excluding carboxylic acids is 1. The largest absolute Gasteiger partial charge is 0.373 e. The van der Waals surface area contributed by atoms with Gasteiger partial charge in [0.15, 0.2) is 0 Å². The second-order valence-corrected chi connectivity index (χ2v) is 6.09. The molecule has 0 saturated carbocycles. The Hall–Kier alpha value is -0.650. The van der Waals surface area contributed by atoms with Crippen molar-refractivity contribution in [2.24, 2.45) is 5.73 Å². The number of hydrogen-bond acceptors (Lipinski definition) is 4. The summed E-state index contributed by atoms with van der Waals surface area (Å²) < 4.78 is 5.75. The topological polar surface area (TPSA) is 58.8 Å². The fourth-order valence-corrected chi connectivity index (χ4v) is 3.31. The predicted molar refractivity (Wildman–Crippen MR) is 74.8 cm³/mol. The Morgan fingerprint density at radius 1 is 1.37 bits per heavy atom. The molecule has 0 unspecified atom stereocenters. The van der Waals surface area contributed by atoms with E-state index < -0.39 is 0 Å². The molecule has 2 saturated heterocycles. The Morgan fingerprint density at radius 2 is 2.00 bits per heavy atom. The molecule has 0 aliphatic carbocycles. The van der Waals surface area contributed by atoms with Crippen LogP contribution in [0.25, 0.3) is 0 Å². The van der Waals surface area contributed by atoms with E-state index in [1.54, 1.807) is 6.92 Å². The number of nitrogens with two attached hydrogens (primary N) is 1. The fraction of sp³-hybridized carbons (Fsp3) is 0.929. The Kier molecular flexibility index (Phi) is 4.81. The van der Waals surface area contributed by atoms with Crippen LogP contribution in [-0.2, 0) is 9.53 Å². The van der Waals surface area contributed by atoms with Crippen molar-refractivity contribution in [3.63, 3.8) is 0 Å². The lowest BCUT2D eigenvalue weighted by Crippen LogP contribution is -2.52. The maximum absolute atomic E-state index is 12.1. The van der Waals surface area contributed by atoms with Crippen LogP contribution < -0.4 is 5.73 Å². The van der Waals surface area contributed by atoms with Crippen molar-refractivity contribution < 1.29 is 9.53 Å². The van der Waals surface area contributed by atoms with Crippen molar-refractivity contribution in [3.05, 3.63) is 0 Å². The molecule has 0 radical (unpaired) electrons. The van der Waals surface area contributed by atoms with Gasteiger partial charge in [-0.1, -0.05) is 0 Å². The smallest absolute Gasteiger partial charge is 0.239 e. The first-order valence-electron chi connectivity index (χ1n) is 7.41. The quantitative estimate of drug-likeness (QED) is 0.807. The first kappa shape index (κ1) is 14.8. The minimum absolute atomic E-state index is 0.0943. The van der Waals surface area contributed by atoms with E-state index in [1.165, 1.54) is 0 Å². The van der Waals surface area contributed by atoms with Crippen LogP contribution in [0.5, 0.6) is 0 Å². The highest BCUT2D eigenvalue weighted by molar-refractivity contribution is 5.81. The number of rotatable bonds is 3. The summed E-state index contributed by atoms with van der Waals surface area (Å²) in [5.74, 6) is 0.0943. The number of hydrogen-bond donors (Lipinski definition) is 1. The molecule has 0 aromatic heterocycles. The van der Waals surface area contributed by atoms with Crippen LogP contribution in [-0.4, -0.2) is 66.2 Å². The molecule has 4 atom stereocenters. The molecule has 5 nitrogen and oxygen atoms in total. The van der Waals surface area contributed by atoms with Crippen LogP contribution in [0.1, 0.15) is 33.6 Å². The number of ether oxygens (including phenoxy) is 1. The summed E-state index contributed by atoms with van der Waals surface area (Å²) >= 11 is 0. The number of likely N-dealkylation sites (tertiary alicyclic amines) is 1. The zero-order valence-corrected chi connectivity index (χ0v) is 12.3. The third-order valence-electron chi connectivity index (χ3n) is 4.01. The van der Waals surface area contributed by atoms with Gasteiger partial charge in [0, 0.05) is 32.2 Å². The highest BCUT2D eigenvalue weighted by Gasteiger charge is 2.33. The van der Waals surface area contributed by atoms with Gasteiger partial charge in [-0.25, -0.2) is 0 Å². The average Bonchev–Trinajstić information content (AvgIpc) is 2.74. The molecule has 2 rings (SSSR count). The molecule has 0 aromatic rings. The van der Waals surface area contributed by atoms with E-state index in [1.807, 2.05) is 4.90 Å². The van der Waals surface area contributed by atoms with Gasteiger partial charge in [0.2, 0.25) is 5.91 Å². The normalized spacial score (nSPS) is 34.5. The summed E-state index contributed by atoms with van der Waals surface area (Å²) in [6.07, 6.45) is 2.75. The minimum atomic E-state index is -0.386. The van der Waals surface area contributed by atoms with Gasteiger partial charge in [-0.2, -0.15) is 0 Å². The molecule has 0 aromatic carbocycles. The van der Waals surface area contributed by atoms with Crippen molar-refractivity contribution in [3.8, 4) is 0 Å². The SMILES string of the molecule is C[C@@H]1CN(C[C@@H]2CCCN2C(=O)[C@@H](C)N)C[C@@H](C)O1. The molecular formula is C14H27N3O2. The maximum Gasteiger partial charge on any atom is 0.239 e. The molecule has 2 aliphatic rings. The van der Waals surface area contributed by atoms with Crippen LogP contribution in [0.15, 0.2) is 0 Å². The van der Waals surface area contributed by atoms with Crippen molar-refractivity contribution in [1.29, 1.82) is 0 Å². The molecule has 19 heavy (non-hydrogen) atoms. The van der Waals surface area contributed by atoms with E-state index in [0.717, 1.165) is 39.0 Å². The summed E-state index contributed by atoms with van der Waals surface area (Å²) in [7, 11) is 0. The molecule has 2 N–H and O–H groups in total. The second-order valence-electron chi connectivity index (χ2n) is 6.09. The molecule has 2 heterocycles. The average molecular weight is 269 g/mol. The molecule has 5 heteroatoms. The van der Waals surface area contributed by atoms with Crippen molar-refractivity contribution in [1.82, 2.24) is 9.80 Å². The van der Waals surface area contributed by atoms with Gasteiger partial charge in [-0.05, 0) is 33.6 Å². The van der Waals surface area contributed by atoms with Crippen LogP contribution in [0.2, 0.25) is 0 Å². The van der Waals surface area contributed by atoms with E-state index in [2.05, 4.69) is 18.7 Å². The minimum Gasteiger partial charge on any atom is -0.373 e. The zero-order chi connectivity index (χ0) is 14.0.